The van der Waals surface area contributed by atoms with Crippen molar-refractivity contribution >= 4 is 17.1 Å². The highest BCUT2D eigenvalue weighted by molar-refractivity contribution is 6.06. The Balaban J connectivity index is 1.68. The first-order valence-electron chi connectivity index (χ1n) is 9.84. The van der Waals surface area contributed by atoms with Crippen molar-refractivity contribution in [3.63, 3.8) is 0 Å². The fraction of sp³-hybridized carbons (Fsp3) is 0.435. The fourth-order valence-corrected chi connectivity index (χ4v) is 4.33. The molecule has 2 heterocycles. The van der Waals surface area contributed by atoms with E-state index in [2.05, 4.69) is 6.07 Å². The predicted octanol–water partition coefficient (Wildman–Crippen LogP) is 2.70. The molecule has 2 aliphatic heterocycles. The summed E-state index contributed by atoms with van der Waals surface area (Å²) in [6.07, 6.45) is 3.01. The lowest BCUT2D eigenvalue weighted by Crippen LogP contribution is -2.33. The summed E-state index contributed by atoms with van der Waals surface area (Å²) in [6, 6.07) is 5.88. The highest BCUT2D eigenvalue weighted by Gasteiger charge is 2.35. The number of carbonyl (C=O) groups is 1. The number of ether oxygens (including phenoxy) is 1. The molecule has 0 fully saturated rings. The molecule has 0 amide bonds. The Kier molecular flexibility index (Phi) is 4.69. The number of ketones is 1. The average Bonchev–Trinajstić information content (AvgIpc) is 3.06. The van der Waals surface area contributed by atoms with E-state index in [1.54, 1.807) is 13.2 Å². The Labute approximate surface area is 164 Å². The second-order valence-electron chi connectivity index (χ2n) is 8.01. The van der Waals surface area contributed by atoms with Crippen LogP contribution in [0.3, 0.4) is 0 Å². The number of nitrogens with zero attached hydrogens (tertiary/aromatic N) is 2. The Morgan fingerprint density at radius 3 is 2.82 bits per heavy atom. The van der Waals surface area contributed by atoms with Crippen molar-refractivity contribution in [1.29, 1.82) is 0 Å². The van der Waals surface area contributed by atoms with Crippen LogP contribution in [0.1, 0.15) is 33.6 Å². The van der Waals surface area contributed by atoms with Crippen molar-refractivity contribution in [2.75, 3.05) is 13.7 Å². The van der Waals surface area contributed by atoms with E-state index in [0.29, 0.717) is 18.5 Å². The molecule has 2 unspecified atom stereocenters. The second-order valence-corrected chi connectivity index (χ2v) is 8.01. The summed E-state index contributed by atoms with van der Waals surface area (Å²) in [5, 5.41) is 12.5. The summed E-state index contributed by atoms with van der Waals surface area (Å²) >= 11 is 0. The van der Waals surface area contributed by atoms with Gasteiger partial charge in [-0.15, -0.1) is 0 Å². The summed E-state index contributed by atoms with van der Waals surface area (Å²) in [5.41, 5.74) is 3.62. The van der Waals surface area contributed by atoms with Crippen LogP contribution in [0.4, 0.5) is 0 Å². The third kappa shape index (κ3) is 2.99. The number of aliphatic hydroxyl groups is 1. The van der Waals surface area contributed by atoms with Crippen LogP contribution in [0.2, 0.25) is 0 Å². The predicted molar refractivity (Wildman–Crippen MR) is 109 cm³/mol. The van der Waals surface area contributed by atoms with E-state index in [1.165, 1.54) is 5.57 Å². The van der Waals surface area contributed by atoms with Crippen molar-refractivity contribution < 1.29 is 14.6 Å². The quantitative estimate of drug-likeness (QED) is 0.876. The van der Waals surface area contributed by atoms with Crippen LogP contribution in [-0.4, -0.2) is 36.3 Å². The van der Waals surface area contributed by atoms with E-state index in [9.17, 15) is 9.90 Å². The zero-order valence-electron chi connectivity index (χ0n) is 16.8. The van der Waals surface area contributed by atoms with Crippen LogP contribution >= 0.6 is 0 Å². The molecule has 5 heteroatoms. The van der Waals surface area contributed by atoms with Crippen LogP contribution in [0.25, 0.3) is 5.57 Å². The van der Waals surface area contributed by atoms with E-state index < -0.39 is 0 Å². The van der Waals surface area contributed by atoms with Crippen LogP contribution in [0, 0.1) is 11.8 Å². The number of aliphatic imine (C=N–C) groups is 1. The van der Waals surface area contributed by atoms with E-state index >= 15 is 0 Å². The van der Waals surface area contributed by atoms with Crippen LogP contribution in [0.5, 0.6) is 5.75 Å². The summed E-state index contributed by atoms with van der Waals surface area (Å²) in [6.45, 7) is 6.51. The number of benzene rings is 1. The smallest absolute Gasteiger partial charge is 0.166 e. The van der Waals surface area contributed by atoms with Gasteiger partial charge >= 0.3 is 0 Å². The molecular formula is C23H26N2O3. The van der Waals surface area contributed by atoms with Gasteiger partial charge in [-0.05, 0) is 48.6 Å². The molecule has 1 N–H and O–H groups in total. The molecule has 28 heavy (non-hydrogen) atoms. The number of fused-ring (bicyclic) bond motifs is 2. The number of hydrogen-bond donors (Lipinski definition) is 1. The molecule has 0 aromatic heterocycles. The van der Waals surface area contributed by atoms with Crippen LogP contribution in [-0.2, 0) is 4.79 Å². The largest absolute Gasteiger partial charge is 0.508 e. The molecule has 0 radical (unpaired) electrons. The first-order chi connectivity index (χ1) is 13.4. The maximum Gasteiger partial charge on any atom is 0.166 e. The van der Waals surface area contributed by atoms with E-state index in [0.717, 1.165) is 34.0 Å². The number of allylic oxidation sites excluding steroid dienone is 3. The lowest BCUT2D eigenvalue weighted by Gasteiger charge is -2.28. The molecular weight excluding hydrogens is 352 g/mol. The highest BCUT2D eigenvalue weighted by Crippen LogP contribution is 2.34. The molecule has 0 spiro atoms. The molecule has 5 nitrogen and oxygen atoms in total. The average molecular weight is 378 g/mol. The Morgan fingerprint density at radius 1 is 1.32 bits per heavy atom. The molecule has 2 atom stereocenters. The minimum atomic E-state index is -0.367. The molecule has 4 rings (SSSR count). The third-order valence-electron chi connectivity index (χ3n) is 6.02. The lowest BCUT2D eigenvalue weighted by molar-refractivity contribution is -0.118. The lowest BCUT2D eigenvalue weighted by atomic mass is 9.77. The minimum Gasteiger partial charge on any atom is -0.508 e. The molecule has 146 valence electrons. The van der Waals surface area contributed by atoms with Crippen molar-refractivity contribution in [1.82, 2.24) is 0 Å². The Hall–Kier alpha value is -2.69. The molecule has 1 aliphatic carbocycles. The molecule has 1 aromatic rings. The zero-order chi connectivity index (χ0) is 20.0. The molecule has 0 saturated carbocycles. The van der Waals surface area contributed by atoms with E-state index in [1.807, 2.05) is 32.9 Å². The maximum absolute atomic E-state index is 13.1. The maximum atomic E-state index is 13.1. The van der Waals surface area contributed by atoms with Crippen molar-refractivity contribution in [2.24, 2.45) is 21.8 Å². The van der Waals surface area contributed by atoms with Gasteiger partial charge in [0.25, 0.3) is 0 Å². The van der Waals surface area contributed by atoms with Gasteiger partial charge in [0.1, 0.15) is 17.6 Å². The SMILES string of the molecule is COc1ccc2c(c1)=NC1C(CC3C(=O)C(C(C)C)=CC(O)=C3C)=NCCC=21. The Morgan fingerprint density at radius 2 is 2.11 bits per heavy atom. The number of rotatable bonds is 4. The number of carbonyl (C=O) groups excluding carboxylic acids is 1. The van der Waals surface area contributed by atoms with Crippen molar-refractivity contribution in [2.45, 2.75) is 39.7 Å². The summed E-state index contributed by atoms with van der Waals surface area (Å²) in [4.78, 5) is 22.7. The monoisotopic (exact) mass is 378 g/mol. The first kappa shape index (κ1) is 18.7. The minimum absolute atomic E-state index is 0.0774. The van der Waals surface area contributed by atoms with Crippen LogP contribution in [0.15, 0.2) is 51.2 Å². The first-order valence-corrected chi connectivity index (χ1v) is 9.84. The van der Waals surface area contributed by atoms with Gasteiger partial charge in [-0.3, -0.25) is 14.8 Å². The van der Waals surface area contributed by atoms with E-state index in [4.69, 9.17) is 14.7 Å². The van der Waals surface area contributed by atoms with Gasteiger partial charge in [0.15, 0.2) is 5.78 Å². The molecule has 0 saturated heterocycles. The normalized spacial score (nSPS) is 23.9. The van der Waals surface area contributed by atoms with Gasteiger partial charge in [0.05, 0.1) is 18.4 Å². The second kappa shape index (κ2) is 7.04. The molecule has 1 aromatic carbocycles. The molecule has 3 aliphatic rings. The number of aliphatic hydroxyl groups excluding tert-OH is 1. The van der Waals surface area contributed by atoms with E-state index in [-0.39, 0.29) is 29.4 Å². The topological polar surface area (TPSA) is 71.2 Å². The van der Waals surface area contributed by atoms with Crippen molar-refractivity contribution in [3.05, 3.63) is 51.8 Å². The van der Waals surface area contributed by atoms with Gasteiger partial charge in [-0.25, -0.2) is 0 Å². The Bertz CT molecular complexity index is 1060. The fourth-order valence-electron chi connectivity index (χ4n) is 4.33. The molecule has 0 bridgehead atoms. The standard InChI is InChI=1S/C23H26N2O3/c1-12(2)17-11-21(26)13(3)18(23(17)27)10-20-22-16(7-8-24-20)15-6-5-14(28-4)9-19(15)25-22/h5-6,9,11-12,18,22,26H,7-8,10H2,1-4H3. The van der Waals surface area contributed by atoms with Gasteiger partial charge in [-0.1, -0.05) is 13.8 Å². The number of methoxy groups -OCH3 is 1. The van der Waals surface area contributed by atoms with Gasteiger partial charge in [0, 0.05) is 35.5 Å². The summed E-state index contributed by atoms with van der Waals surface area (Å²) < 4.78 is 5.33. The van der Waals surface area contributed by atoms with Crippen LogP contribution < -0.4 is 15.3 Å². The third-order valence-corrected chi connectivity index (χ3v) is 6.02. The number of Topliss-reactive ketones (excluding diaryl/α,β-unsaturated/α-hetero) is 1. The van der Waals surface area contributed by atoms with Gasteiger partial charge in [-0.2, -0.15) is 0 Å². The van der Waals surface area contributed by atoms with Gasteiger partial charge in [0.2, 0.25) is 0 Å². The van der Waals surface area contributed by atoms with Crippen molar-refractivity contribution in [3.8, 4) is 5.75 Å². The highest BCUT2D eigenvalue weighted by atomic mass is 16.5. The van der Waals surface area contributed by atoms with Gasteiger partial charge < -0.3 is 9.84 Å². The zero-order valence-corrected chi connectivity index (χ0v) is 16.8. The number of hydrogen-bond acceptors (Lipinski definition) is 5. The summed E-state index contributed by atoms with van der Waals surface area (Å²) in [5.74, 6) is 0.809. The summed E-state index contributed by atoms with van der Waals surface area (Å²) in [7, 11) is 1.65.